The first kappa shape index (κ1) is 10.3. The normalized spacial score (nSPS) is 15.6. The number of carbonyl (C=O) groups excluding carboxylic acids is 2. The minimum atomic E-state index is -0.613. The molecule has 1 unspecified atom stereocenters. The van der Waals surface area contributed by atoms with Gasteiger partial charge in [-0.2, -0.15) is 0 Å². The average molecular weight is 157 g/mol. The largest absolute Gasteiger partial charge is 0.321 e. The fraction of sp³-hybridized carbons (Fsp3) is 0.750. The molecule has 0 aliphatic carbocycles. The molecule has 0 aliphatic rings. The van der Waals surface area contributed by atoms with Gasteiger partial charge in [-0.3, -0.25) is 9.59 Å². The lowest BCUT2D eigenvalue weighted by Crippen LogP contribution is -2.39. The van der Waals surface area contributed by atoms with E-state index in [1.807, 2.05) is 13.8 Å². The number of Topliss-reactive ketones (excluding diaryl/α,β-unsaturated/α-hetero) is 2. The molecule has 3 nitrogen and oxygen atoms in total. The number of carbonyl (C=O) groups is 2. The van der Waals surface area contributed by atoms with Crippen LogP contribution in [0.2, 0.25) is 0 Å². The van der Waals surface area contributed by atoms with Crippen LogP contribution in [0.1, 0.15) is 27.2 Å². The standard InChI is InChI=1S/C8H15NO2/c1-4-5(2)7(9)8(11)6(3)10/h5,7H,4,9H2,1-3H3/t5-,7?/m0/s1. The smallest absolute Gasteiger partial charge is 0.214 e. The van der Waals surface area contributed by atoms with Crippen LogP contribution in [-0.4, -0.2) is 17.6 Å². The summed E-state index contributed by atoms with van der Waals surface area (Å²) in [6.45, 7) is 5.06. The molecule has 0 aliphatic heterocycles. The van der Waals surface area contributed by atoms with E-state index in [-0.39, 0.29) is 5.92 Å². The molecule has 0 saturated heterocycles. The summed E-state index contributed by atoms with van der Waals surface area (Å²) in [4.78, 5) is 21.5. The molecule has 0 aromatic carbocycles. The van der Waals surface area contributed by atoms with Crippen molar-refractivity contribution >= 4 is 11.6 Å². The summed E-state index contributed by atoms with van der Waals surface area (Å²) in [5.74, 6) is -0.816. The summed E-state index contributed by atoms with van der Waals surface area (Å²) in [5.41, 5.74) is 5.50. The first-order valence-electron chi connectivity index (χ1n) is 3.81. The van der Waals surface area contributed by atoms with Gasteiger partial charge < -0.3 is 5.73 Å². The van der Waals surface area contributed by atoms with Crippen molar-refractivity contribution in [3.63, 3.8) is 0 Å². The predicted molar refractivity (Wildman–Crippen MR) is 43.1 cm³/mol. The van der Waals surface area contributed by atoms with Gasteiger partial charge in [-0.15, -0.1) is 0 Å². The van der Waals surface area contributed by atoms with Gasteiger partial charge in [0.1, 0.15) is 0 Å². The molecule has 0 saturated carbocycles. The Bertz CT molecular complexity index is 165. The summed E-state index contributed by atoms with van der Waals surface area (Å²) in [6.07, 6.45) is 0.820. The Kier molecular flexibility index (Phi) is 3.97. The zero-order valence-electron chi connectivity index (χ0n) is 7.26. The maximum Gasteiger partial charge on any atom is 0.214 e. The van der Waals surface area contributed by atoms with Crippen molar-refractivity contribution < 1.29 is 9.59 Å². The van der Waals surface area contributed by atoms with Crippen molar-refractivity contribution in [2.45, 2.75) is 33.2 Å². The van der Waals surface area contributed by atoms with Gasteiger partial charge >= 0.3 is 0 Å². The third-order valence-electron chi connectivity index (χ3n) is 1.91. The minimum absolute atomic E-state index is 0.0893. The average Bonchev–Trinajstić information content (AvgIpc) is 2.00. The molecule has 2 atom stereocenters. The Morgan fingerprint density at radius 2 is 1.91 bits per heavy atom. The maximum absolute atomic E-state index is 11.0. The van der Waals surface area contributed by atoms with E-state index in [2.05, 4.69) is 0 Å². The van der Waals surface area contributed by atoms with E-state index in [4.69, 9.17) is 5.73 Å². The first-order valence-corrected chi connectivity index (χ1v) is 3.81. The van der Waals surface area contributed by atoms with Crippen molar-refractivity contribution in [3.05, 3.63) is 0 Å². The lowest BCUT2D eigenvalue weighted by molar-refractivity contribution is -0.136. The highest BCUT2D eigenvalue weighted by Crippen LogP contribution is 2.06. The van der Waals surface area contributed by atoms with Crippen molar-refractivity contribution in [1.29, 1.82) is 0 Å². The maximum atomic E-state index is 11.0. The van der Waals surface area contributed by atoms with E-state index in [0.717, 1.165) is 6.42 Å². The molecule has 2 N–H and O–H groups in total. The molecule has 3 heteroatoms. The van der Waals surface area contributed by atoms with E-state index >= 15 is 0 Å². The predicted octanol–water partition coefficient (Wildman–Crippen LogP) is 0.518. The molecule has 0 amide bonds. The summed E-state index contributed by atoms with van der Waals surface area (Å²) < 4.78 is 0. The number of rotatable bonds is 4. The van der Waals surface area contributed by atoms with Crippen LogP contribution < -0.4 is 5.73 Å². The van der Waals surface area contributed by atoms with Gasteiger partial charge in [-0.25, -0.2) is 0 Å². The lowest BCUT2D eigenvalue weighted by atomic mass is 9.95. The van der Waals surface area contributed by atoms with E-state index in [1.165, 1.54) is 6.92 Å². The van der Waals surface area contributed by atoms with Crippen LogP contribution in [0.15, 0.2) is 0 Å². The monoisotopic (exact) mass is 157 g/mol. The molecule has 0 aromatic rings. The molecular weight excluding hydrogens is 142 g/mol. The van der Waals surface area contributed by atoms with Crippen LogP contribution in [0.25, 0.3) is 0 Å². The molecule has 0 spiro atoms. The SMILES string of the molecule is CC[C@H](C)C(N)C(=O)C(C)=O. The number of ketones is 2. The highest BCUT2D eigenvalue weighted by molar-refractivity contribution is 6.38. The van der Waals surface area contributed by atoms with Gasteiger partial charge in [0.25, 0.3) is 0 Å². The zero-order valence-corrected chi connectivity index (χ0v) is 7.26. The zero-order chi connectivity index (χ0) is 9.02. The molecule has 0 radical (unpaired) electrons. The molecule has 0 heterocycles. The minimum Gasteiger partial charge on any atom is -0.321 e. The van der Waals surface area contributed by atoms with Crippen molar-refractivity contribution in [2.24, 2.45) is 11.7 Å². The van der Waals surface area contributed by atoms with Crippen LogP contribution in [-0.2, 0) is 9.59 Å². The molecule has 0 bridgehead atoms. The first-order chi connectivity index (χ1) is 5.00. The Balaban J connectivity index is 4.13. The third kappa shape index (κ3) is 2.80. The topological polar surface area (TPSA) is 60.2 Å². The molecule has 0 aromatic heterocycles. The van der Waals surface area contributed by atoms with Crippen LogP contribution in [0.4, 0.5) is 0 Å². The molecule has 0 rings (SSSR count). The van der Waals surface area contributed by atoms with Crippen molar-refractivity contribution in [2.75, 3.05) is 0 Å². The Morgan fingerprint density at radius 1 is 1.45 bits per heavy atom. The van der Waals surface area contributed by atoms with E-state index in [9.17, 15) is 9.59 Å². The number of nitrogens with two attached hydrogens (primary N) is 1. The van der Waals surface area contributed by atoms with E-state index < -0.39 is 17.6 Å². The van der Waals surface area contributed by atoms with Gasteiger partial charge in [0.2, 0.25) is 5.78 Å². The second-order valence-corrected chi connectivity index (χ2v) is 2.83. The van der Waals surface area contributed by atoms with Crippen LogP contribution in [0, 0.1) is 5.92 Å². The number of hydrogen-bond donors (Lipinski definition) is 1. The fourth-order valence-corrected chi connectivity index (χ4v) is 0.747. The van der Waals surface area contributed by atoms with E-state index in [1.54, 1.807) is 0 Å². The Labute approximate surface area is 67.0 Å². The molecule has 0 fully saturated rings. The van der Waals surface area contributed by atoms with Gasteiger partial charge in [-0.1, -0.05) is 20.3 Å². The number of hydrogen-bond acceptors (Lipinski definition) is 3. The molecule has 11 heavy (non-hydrogen) atoms. The van der Waals surface area contributed by atoms with Gasteiger partial charge in [0.15, 0.2) is 5.78 Å². The Hall–Kier alpha value is -0.700. The third-order valence-corrected chi connectivity index (χ3v) is 1.91. The quantitative estimate of drug-likeness (QED) is 0.605. The lowest BCUT2D eigenvalue weighted by Gasteiger charge is -2.14. The van der Waals surface area contributed by atoms with Gasteiger partial charge in [0, 0.05) is 6.92 Å². The van der Waals surface area contributed by atoms with Gasteiger partial charge in [-0.05, 0) is 5.92 Å². The summed E-state index contributed by atoms with van der Waals surface area (Å²) in [5, 5.41) is 0. The summed E-state index contributed by atoms with van der Waals surface area (Å²) >= 11 is 0. The van der Waals surface area contributed by atoms with Crippen LogP contribution >= 0.6 is 0 Å². The second kappa shape index (κ2) is 4.23. The fourth-order valence-electron chi connectivity index (χ4n) is 0.747. The van der Waals surface area contributed by atoms with Gasteiger partial charge in [0.05, 0.1) is 6.04 Å². The van der Waals surface area contributed by atoms with Crippen molar-refractivity contribution in [1.82, 2.24) is 0 Å². The van der Waals surface area contributed by atoms with Crippen LogP contribution in [0.5, 0.6) is 0 Å². The highest BCUT2D eigenvalue weighted by atomic mass is 16.2. The highest BCUT2D eigenvalue weighted by Gasteiger charge is 2.22. The van der Waals surface area contributed by atoms with E-state index in [0.29, 0.717) is 0 Å². The summed E-state index contributed by atoms with van der Waals surface area (Å²) in [7, 11) is 0. The molecule has 64 valence electrons. The van der Waals surface area contributed by atoms with Crippen molar-refractivity contribution in [3.8, 4) is 0 Å². The second-order valence-electron chi connectivity index (χ2n) is 2.83. The Morgan fingerprint density at radius 3 is 2.18 bits per heavy atom. The molecular formula is C8H15NO2. The summed E-state index contributed by atoms with van der Waals surface area (Å²) in [6, 6.07) is -0.613. The van der Waals surface area contributed by atoms with Crippen LogP contribution in [0.3, 0.4) is 0 Å².